The molecule has 0 radical (unpaired) electrons. The highest BCUT2D eigenvalue weighted by atomic mass is 35.5. The fourth-order valence-electron chi connectivity index (χ4n) is 2.19. The average molecular weight is 464 g/mol. The highest BCUT2D eigenvalue weighted by molar-refractivity contribution is 6.26. The first-order valence-electron chi connectivity index (χ1n) is 7.71. The lowest BCUT2D eigenvalue weighted by Gasteiger charge is -2.20. The Hall–Kier alpha value is -1.22. The number of carbonyl (C=O) groups excluding carboxylic acids is 2. The van der Waals surface area contributed by atoms with Crippen LogP contribution in [0.3, 0.4) is 0 Å². The Kier molecular flexibility index (Phi) is 10.2. The van der Waals surface area contributed by atoms with Gasteiger partial charge in [-0.1, -0.05) is 0 Å². The van der Waals surface area contributed by atoms with E-state index in [-0.39, 0.29) is 36.6 Å². The number of esters is 2. The van der Waals surface area contributed by atoms with Gasteiger partial charge in [0.1, 0.15) is 24.0 Å². The van der Waals surface area contributed by atoms with Gasteiger partial charge < -0.3 is 9.47 Å². The van der Waals surface area contributed by atoms with Crippen LogP contribution in [-0.2, 0) is 32.2 Å². The summed E-state index contributed by atoms with van der Waals surface area (Å²) < 4.78 is 12.1. The summed E-state index contributed by atoms with van der Waals surface area (Å²) in [5.41, 5.74) is -0.932. The lowest BCUT2D eigenvalue weighted by Crippen LogP contribution is -2.45. The van der Waals surface area contributed by atoms with Gasteiger partial charge in [-0.05, 0) is 6.92 Å². The second-order valence-corrected chi connectivity index (χ2v) is 6.58. The molecule has 0 saturated carbocycles. The molecule has 0 aliphatic carbocycles. The maximum atomic E-state index is 12.7. The molecule has 8 nitrogen and oxygen atoms in total. The lowest BCUT2D eigenvalue weighted by atomic mass is 10.3. The normalized spacial score (nSPS) is 13.1. The van der Waals surface area contributed by atoms with Crippen LogP contribution >= 0.6 is 46.4 Å². The van der Waals surface area contributed by atoms with Gasteiger partial charge in [0.2, 0.25) is 0 Å². The Morgan fingerprint density at radius 1 is 0.926 bits per heavy atom. The number of aryl methyl sites for hydroxylation is 1. The standard InChI is InChI=1S/C15H18Cl4N2O6/c1-9-2-12(22)21(8-11(4-17)27-14(24)6-19)15(25)20(9)7-10(3-16)26-13(23)5-18/h2,10-11H,3-8H2,1H3. The van der Waals surface area contributed by atoms with E-state index in [1.54, 1.807) is 6.92 Å². The van der Waals surface area contributed by atoms with Crippen molar-refractivity contribution in [2.24, 2.45) is 0 Å². The monoisotopic (exact) mass is 462 g/mol. The van der Waals surface area contributed by atoms with Gasteiger partial charge in [-0.25, -0.2) is 4.79 Å². The summed E-state index contributed by atoms with van der Waals surface area (Å²) >= 11 is 22.3. The molecule has 2 atom stereocenters. The summed E-state index contributed by atoms with van der Waals surface area (Å²) in [5.74, 6) is -2.37. The molecule has 1 heterocycles. The SMILES string of the molecule is Cc1cc(=O)n(CC(CCl)OC(=O)CCl)c(=O)n1CC(CCl)OC(=O)CCl. The number of rotatable bonds is 10. The number of aromatic nitrogens is 2. The van der Waals surface area contributed by atoms with Crippen molar-refractivity contribution in [2.45, 2.75) is 32.2 Å². The molecule has 0 saturated heterocycles. The highest BCUT2D eigenvalue weighted by Crippen LogP contribution is 2.04. The van der Waals surface area contributed by atoms with Crippen molar-refractivity contribution >= 4 is 58.3 Å². The predicted octanol–water partition coefficient (Wildman–Crippen LogP) is 1.10. The number of halogens is 4. The molecule has 0 aliphatic heterocycles. The van der Waals surface area contributed by atoms with Gasteiger partial charge >= 0.3 is 17.6 Å². The van der Waals surface area contributed by atoms with E-state index in [0.717, 1.165) is 4.57 Å². The fraction of sp³-hybridized carbons (Fsp3) is 0.600. The number of nitrogens with zero attached hydrogens (tertiary/aromatic N) is 2. The zero-order chi connectivity index (χ0) is 20.6. The van der Waals surface area contributed by atoms with Crippen LogP contribution in [0.4, 0.5) is 0 Å². The Morgan fingerprint density at radius 2 is 1.37 bits per heavy atom. The Labute approximate surface area is 174 Å². The summed E-state index contributed by atoms with van der Waals surface area (Å²) in [4.78, 5) is 47.6. The van der Waals surface area contributed by atoms with E-state index in [1.807, 2.05) is 0 Å². The number of hydrogen-bond acceptors (Lipinski definition) is 6. The summed E-state index contributed by atoms with van der Waals surface area (Å²) in [6, 6.07) is 1.23. The molecule has 0 amide bonds. The largest absolute Gasteiger partial charge is 0.458 e. The molecular formula is C15H18Cl4N2O6. The smallest absolute Gasteiger partial charge is 0.331 e. The third-order valence-electron chi connectivity index (χ3n) is 3.42. The molecular weight excluding hydrogens is 446 g/mol. The minimum absolute atomic E-state index is 0.0781. The van der Waals surface area contributed by atoms with Crippen LogP contribution < -0.4 is 11.2 Å². The summed E-state index contributed by atoms with van der Waals surface area (Å²) in [6.45, 7) is 1.22. The third-order valence-corrected chi connectivity index (χ3v) is 4.54. The van der Waals surface area contributed by atoms with Gasteiger partial charge in [0.05, 0.1) is 24.8 Å². The number of alkyl halides is 4. The fourth-order valence-corrected chi connectivity index (χ4v) is 2.64. The van der Waals surface area contributed by atoms with E-state index in [1.165, 1.54) is 10.6 Å². The summed E-state index contributed by atoms with van der Waals surface area (Å²) in [6.07, 6.45) is -1.74. The molecule has 0 fully saturated rings. The Morgan fingerprint density at radius 3 is 1.78 bits per heavy atom. The third kappa shape index (κ3) is 7.03. The van der Waals surface area contributed by atoms with E-state index < -0.39 is 35.4 Å². The quantitative estimate of drug-likeness (QED) is 0.380. The van der Waals surface area contributed by atoms with E-state index in [2.05, 4.69) is 0 Å². The van der Waals surface area contributed by atoms with Crippen molar-refractivity contribution < 1.29 is 19.1 Å². The van der Waals surface area contributed by atoms with Crippen molar-refractivity contribution in [1.29, 1.82) is 0 Å². The lowest BCUT2D eigenvalue weighted by molar-refractivity contribution is -0.146. The number of carbonyl (C=O) groups is 2. The van der Waals surface area contributed by atoms with Gasteiger partial charge in [-0.15, -0.1) is 46.4 Å². The van der Waals surface area contributed by atoms with Crippen LogP contribution in [0.1, 0.15) is 5.69 Å². The average Bonchev–Trinajstić information content (AvgIpc) is 2.65. The first-order valence-corrected chi connectivity index (χ1v) is 9.85. The molecule has 0 N–H and O–H groups in total. The molecule has 152 valence electrons. The van der Waals surface area contributed by atoms with Crippen LogP contribution in [-0.4, -0.2) is 56.8 Å². The van der Waals surface area contributed by atoms with Gasteiger partial charge in [0, 0.05) is 11.8 Å². The Bertz CT molecular complexity index is 779. The maximum Gasteiger partial charge on any atom is 0.331 e. The van der Waals surface area contributed by atoms with Crippen molar-refractivity contribution in [1.82, 2.24) is 9.13 Å². The molecule has 1 aromatic rings. The van der Waals surface area contributed by atoms with E-state index in [4.69, 9.17) is 55.9 Å². The molecule has 12 heteroatoms. The van der Waals surface area contributed by atoms with Gasteiger partial charge in [-0.3, -0.25) is 23.5 Å². The van der Waals surface area contributed by atoms with Crippen molar-refractivity contribution in [3.05, 3.63) is 32.6 Å². The maximum absolute atomic E-state index is 12.7. The van der Waals surface area contributed by atoms with Crippen LogP contribution in [0.25, 0.3) is 0 Å². The first kappa shape index (κ1) is 23.8. The van der Waals surface area contributed by atoms with Crippen LogP contribution in [0.5, 0.6) is 0 Å². The number of hydrogen-bond donors (Lipinski definition) is 0. The second kappa shape index (κ2) is 11.6. The minimum Gasteiger partial charge on any atom is -0.458 e. The molecule has 0 bridgehead atoms. The van der Waals surface area contributed by atoms with Crippen molar-refractivity contribution in [3.63, 3.8) is 0 Å². The van der Waals surface area contributed by atoms with Crippen LogP contribution in [0.2, 0.25) is 0 Å². The summed E-state index contributed by atoms with van der Waals surface area (Å²) in [5, 5.41) is 0. The topological polar surface area (TPSA) is 96.6 Å². The molecule has 1 aromatic heterocycles. The molecule has 1 rings (SSSR count). The molecule has 27 heavy (non-hydrogen) atoms. The summed E-state index contributed by atoms with van der Waals surface area (Å²) in [7, 11) is 0. The highest BCUT2D eigenvalue weighted by Gasteiger charge is 2.20. The van der Waals surface area contributed by atoms with E-state index in [9.17, 15) is 19.2 Å². The zero-order valence-corrected chi connectivity index (χ0v) is 17.4. The predicted molar refractivity (Wildman–Crippen MR) is 102 cm³/mol. The van der Waals surface area contributed by atoms with Gasteiger partial charge in [-0.2, -0.15) is 0 Å². The van der Waals surface area contributed by atoms with Crippen molar-refractivity contribution in [3.8, 4) is 0 Å². The molecule has 0 aliphatic rings. The van der Waals surface area contributed by atoms with E-state index >= 15 is 0 Å². The van der Waals surface area contributed by atoms with Crippen molar-refractivity contribution in [2.75, 3.05) is 23.5 Å². The van der Waals surface area contributed by atoms with E-state index in [0.29, 0.717) is 5.69 Å². The second-order valence-electron chi connectivity index (χ2n) is 5.43. The number of ether oxygens (including phenoxy) is 2. The zero-order valence-electron chi connectivity index (χ0n) is 14.3. The first-order chi connectivity index (χ1) is 12.8. The van der Waals surface area contributed by atoms with Crippen LogP contribution in [0, 0.1) is 6.92 Å². The Balaban J connectivity index is 3.16. The van der Waals surface area contributed by atoms with Crippen LogP contribution in [0.15, 0.2) is 15.7 Å². The molecule has 0 spiro atoms. The minimum atomic E-state index is -0.919. The van der Waals surface area contributed by atoms with Gasteiger partial charge in [0.25, 0.3) is 5.56 Å². The molecule has 0 aromatic carbocycles. The molecule has 2 unspecified atom stereocenters. The van der Waals surface area contributed by atoms with Gasteiger partial charge in [0.15, 0.2) is 0 Å².